The highest BCUT2D eigenvalue weighted by Gasteiger charge is 2.49. The Balaban J connectivity index is 1.76. The van der Waals surface area contributed by atoms with E-state index in [4.69, 9.17) is 9.47 Å². The predicted molar refractivity (Wildman–Crippen MR) is 64.6 cm³/mol. The molecule has 1 N–H and O–H groups in total. The van der Waals surface area contributed by atoms with Crippen LogP contribution in [0.1, 0.15) is 40.0 Å². The van der Waals surface area contributed by atoms with Crippen LogP contribution < -0.4 is 5.32 Å². The molecule has 0 amide bonds. The minimum absolute atomic E-state index is 0.276. The van der Waals surface area contributed by atoms with Crippen LogP contribution in [0.4, 0.5) is 0 Å². The standard InChI is InChI=1S/C13H25NO2/c1-4-6-14-11-8-12(13(11,2)3)16-10-5-7-15-9-10/h10-12,14H,4-9H2,1-3H3. The van der Waals surface area contributed by atoms with Crippen LogP contribution in [0.3, 0.4) is 0 Å². The van der Waals surface area contributed by atoms with Crippen LogP contribution in [0.2, 0.25) is 0 Å². The van der Waals surface area contributed by atoms with E-state index >= 15 is 0 Å². The van der Waals surface area contributed by atoms with E-state index in [0.29, 0.717) is 18.2 Å². The zero-order chi connectivity index (χ0) is 11.6. The molecule has 1 aliphatic carbocycles. The molecule has 3 nitrogen and oxygen atoms in total. The molecule has 16 heavy (non-hydrogen) atoms. The van der Waals surface area contributed by atoms with Gasteiger partial charge in [0.15, 0.2) is 0 Å². The molecule has 3 atom stereocenters. The Bertz CT molecular complexity index is 224. The van der Waals surface area contributed by atoms with E-state index in [1.807, 2.05) is 0 Å². The quantitative estimate of drug-likeness (QED) is 0.779. The molecular weight excluding hydrogens is 202 g/mol. The summed E-state index contributed by atoms with van der Waals surface area (Å²) in [4.78, 5) is 0. The Morgan fingerprint density at radius 3 is 2.81 bits per heavy atom. The summed E-state index contributed by atoms with van der Waals surface area (Å²) in [5.74, 6) is 0. The lowest BCUT2D eigenvalue weighted by Crippen LogP contribution is -2.61. The first-order valence-corrected chi connectivity index (χ1v) is 6.61. The lowest BCUT2D eigenvalue weighted by molar-refractivity contribution is -0.146. The van der Waals surface area contributed by atoms with E-state index in [-0.39, 0.29) is 5.41 Å². The highest BCUT2D eigenvalue weighted by molar-refractivity contribution is 5.03. The molecule has 2 rings (SSSR count). The van der Waals surface area contributed by atoms with Crippen molar-refractivity contribution in [3.05, 3.63) is 0 Å². The maximum Gasteiger partial charge on any atom is 0.0834 e. The van der Waals surface area contributed by atoms with Gasteiger partial charge in [0.2, 0.25) is 0 Å². The van der Waals surface area contributed by atoms with Crippen molar-refractivity contribution in [2.75, 3.05) is 19.8 Å². The van der Waals surface area contributed by atoms with Crippen LogP contribution in [-0.4, -0.2) is 38.0 Å². The summed E-state index contributed by atoms with van der Waals surface area (Å²) in [5.41, 5.74) is 0.276. The molecule has 1 aliphatic heterocycles. The van der Waals surface area contributed by atoms with Gasteiger partial charge in [0.25, 0.3) is 0 Å². The van der Waals surface area contributed by atoms with Gasteiger partial charge in [0.05, 0.1) is 18.8 Å². The normalized spacial score (nSPS) is 37.3. The Morgan fingerprint density at radius 1 is 1.44 bits per heavy atom. The molecule has 2 aliphatic rings. The fourth-order valence-corrected chi connectivity index (χ4v) is 2.63. The van der Waals surface area contributed by atoms with Crippen molar-refractivity contribution in [3.63, 3.8) is 0 Å². The van der Waals surface area contributed by atoms with Crippen LogP contribution in [0, 0.1) is 5.41 Å². The van der Waals surface area contributed by atoms with E-state index in [1.165, 1.54) is 6.42 Å². The minimum atomic E-state index is 0.276. The maximum atomic E-state index is 6.11. The third-order valence-corrected chi connectivity index (χ3v) is 4.06. The first kappa shape index (κ1) is 12.3. The summed E-state index contributed by atoms with van der Waals surface area (Å²) in [6, 6.07) is 0.625. The molecule has 1 saturated heterocycles. The van der Waals surface area contributed by atoms with Gasteiger partial charge in [-0.1, -0.05) is 20.8 Å². The van der Waals surface area contributed by atoms with Crippen molar-refractivity contribution in [1.82, 2.24) is 5.32 Å². The molecule has 0 radical (unpaired) electrons. The first-order valence-electron chi connectivity index (χ1n) is 6.61. The van der Waals surface area contributed by atoms with Gasteiger partial charge in [-0.3, -0.25) is 0 Å². The zero-order valence-electron chi connectivity index (χ0n) is 10.8. The second kappa shape index (κ2) is 5.03. The molecule has 0 aromatic heterocycles. The van der Waals surface area contributed by atoms with Gasteiger partial charge in [-0.05, 0) is 25.8 Å². The fraction of sp³-hybridized carbons (Fsp3) is 1.00. The molecule has 94 valence electrons. The van der Waals surface area contributed by atoms with E-state index in [0.717, 1.165) is 32.6 Å². The molecule has 0 aromatic rings. The van der Waals surface area contributed by atoms with E-state index in [2.05, 4.69) is 26.1 Å². The molecule has 2 fully saturated rings. The van der Waals surface area contributed by atoms with Crippen LogP contribution in [0.15, 0.2) is 0 Å². The number of nitrogens with one attached hydrogen (secondary N) is 1. The van der Waals surface area contributed by atoms with Crippen molar-refractivity contribution >= 4 is 0 Å². The van der Waals surface area contributed by atoms with Crippen LogP contribution in [-0.2, 0) is 9.47 Å². The summed E-state index contributed by atoms with van der Waals surface area (Å²) in [5, 5.41) is 3.60. The third kappa shape index (κ3) is 2.41. The SMILES string of the molecule is CCCNC1CC(OC2CCOC2)C1(C)C. The van der Waals surface area contributed by atoms with Gasteiger partial charge in [0.1, 0.15) is 0 Å². The summed E-state index contributed by atoms with van der Waals surface area (Å²) < 4.78 is 11.5. The van der Waals surface area contributed by atoms with E-state index in [1.54, 1.807) is 0 Å². The number of hydrogen-bond donors (Lipinski definition) is 1. The lowest BCUT2D eigenvalue weighted by atomic mass is 9.64. The van der Waals surface area contributed by atoms with Crippen LogP contribution in [0.25, 0.3) is 0 Å². The molecule has 3 unspecified atom stereocenters. The third-order valence-electron chi connectivity index (χ3n) is 4.06. The highest BCUT2D eigenvalue weighted by Crippen LogP contribution is 2.43. The Morgan fingerprint density at radius 2 is 2.25 bits per heavy atom. The summed E-state index contributed by atoms with van der Waals surface area (Å²) in [6.07, 6.45) is 4.18. The largest absolute Gasteiger partial charge is 0.379 e. The average molecular weight is 227 g/mol. The van der Waals surface area contributed by atoms with Gasteiger partial charge in [-0.15, -0.1) is 0 Å². The minimum Gasteiger partial charge on any atom is -0.379 e. The lowest BCUT2D eigenvalue weighted by Gasteiger charge is -2.52. The number of rotatable bonds is 5. The Labute approximate surface area is 98.9 Å². The van der Waals surface area contributed by atoms with Gasteiger partial charge in [-0.25, -0.2) is 0 Å². The smallest absolute Gasteiger partial charge is 0.0834 e. The molecule has 1 saturated carbocycles. The molecule has 0 spiro atoms. The second-order valence-electron chi connectivity index (χ2n) is 5.67. The highest BCUT2D eigenvalue weighted by atomic mass is 16.6. The summed E-state index contributed by atoms with van der Waals surface area (Å²) in [7, 11) is 0. The molecule has 0 aromatic carbocycles. The van der Waals surface area contributed by atoms with Crippen LogP contribution in [0.5, 0.6) is 0 Å². The second-order valence-corrected chi connectivity index (χ2v) is 5.67. The average Bonchev–Trinajstić information content (AvgIpc) is 2.75. The number of ether oxygens (including phenoxy) is 2. The van der Waals surface area contributed by atoms with Crippen molar-refractivity contribution < 1.29 is 9.47 Å². The summed E-state index contributed by atoms with van der Waals surface area (Å²) >= 11 is 0. The van der Waals surface area contributed by atoms with Gasteiger partial charge >= 0.3 is 0 Å². The van der Waals surface area contributed by atoms with E-state index in [9.17, 15) is 0 Å². The fourth-order valence-electron chi connectivity index (χ4n) is 2.63. The molecule has 1 heterocycles. The van der Waals surface area contributed by atoms with Crippen molar-refractivity contribution in [3.8, 4) is 0 Å². The first-order chi connectivity index (χ1) is 7.64. The van der Waals surface area contributed by atoms with Gasteiger partial charge in [0, 0.05) is 18.1 Å². The molecule has 0 bridgehead atoms. The monoisotopic (exact) mass is 227 g/mol. The predicted octanol–water partition coefficient (Wildman–Crippen LogP) is 1.96. The topological polar surface area (TPSA) is 30.5 Å². The Kier molecular flexibility index (Phi) is 3.88. The maximum absolute atomic E-state index is 6.11. The molecule has 3 heteroatoms. The van der Waals surface area contributed by atoms with Gasteiger partial charge < -0.3 is 14.8 Å². The van der Waals surface area contributed by atoms with Crippen molar-refractivity contribution in [2.24, 2.45) is 5.41 Å². The molecular formula is C13H25NO2. The van der Waals surface area contributed by atoms with E-state index < -0.39 is 0 Å². The van der Waals surface area contributed by atoms with Crippen molar-refractivity contribution in [1.29, 1.82) is 0 Å². The number of hydrogen-bond acceptors (Lipinski definition) is 3. The van der Waals surface area contributed by atoms with Crippen molar-refractivity contribution in [2.45, 2.75) is 58.3 Å². The summed E-state index contributed by atoms with van der Waals surface area (Å²) in [6.45, 7) is 9.61. The van der Waals surface area contributed by atoms with Gasteiger partial charge in [-0.2, -0.15) is 0 Å². The Hall–Kier alpha value is -0.120. The zero-order valence-corrected chi connectivity index (χ0v) is 10.8. The van der Waals surface area contributed by atoms with Crippen LogP contribution >= 0.6 is 0 Å².